The third-order valence-corrected chi connectivity index (χ3v) is 3.57. The van der Waals surface area contributed by atoms with Crippen molar-refractivity contribution >= 4 is 0 Å². The van der Waals surface area contributed by atoms with E-state index in [4.69, 9.17) is 9.47 Å². The van der Waals surface area contributed by atoms with Gasteiger partial charge in [-0.1, -0.05) is 30.3 Å². The number of hydrogen-bond donors (Lipinski definition) is 0. The molecule has 0 bridgehead atoms. The van der Waals surface area contributed by atoms with E-state index in [0.717, 1.165) is 11.1 Å². The second-order valence-electron chi connectivity index (χ2n) is 5.04. The Hall–Kier alpha value is -2.51. The number of rotatable bonds is 6. The highest BCUT2D eigenvalue weighted by Crippen LogP contribution is 2.32. The van der Waals surface area contributed by atoms with Crippen LogP contribution in [0, 0.1) is 11.3 Å². The molecule has 22 heavy (non-hydrogen) atoms. The first-order valence-corrected chi connectivity index (χ1v) is 7.05. The lowest BCUT2D eigenvalue weighted by molar-refractivity contribution is 0.275. The molecule has 0 saturated carbocycles. The highest BCUT2D eigenvalue weighted by atomic mass is 16.5. The van der Waals surface area contributed by atoms with Gasteiger partial charge in [-0.25, -0.2) is 0 Å². The molecule has 0 radical (unpaired) electrons. The number of ether oxygens (including phenoxy) is 2. The molecule has 2 aromatic rings. The summed E-state index contributed by atoms with van der Waals surface area (Å²) in [6, 6.07) is 17.5. The molecule has 1 atom stereocenters. The van der Waals surface area contributed by atoms with E-state index in [9.17, 15) is 5.26 Å². The molecule has 1 unspecified atom stereocenters. The molecule has 0 aliphatic carbocycles. The Bertz CT molecular complexity index is 650. The highest BCUT2D eigenvalue weighted by Gasteiger charge is 2.21. The van der Waals surface area contributed by atoms with Gasteiger partial charge in [-0.15, -0.1) is 0 Å². The Labute approximate surface area is 131 Å². The number of nitrogens with zero attached hydrogens (tertiary/aromatic N) is 2. The summed E-state index contributed by atoms with van der Waals surface area (Å²) in [6.07, 6.45) is 0. The molecule has 0 fully saturated rings. The van der Waals surface area contributed by atoms with Crippen molar-refractivity contribution < 1.29 is 9.47 Å². The molecular weight excluding hydrogens is 276 g/mol. The number of methoxy groups -OCH3 is 2. The topological polar surface area (TPSA) is 45.5 Å². The van der Waals surface area contributed by atoms with E-state index in [2.05, 4.69) is 6.07 Å². The number of hydrogen-bond acceptors (Lipinski definition) is 4. The molecule has 2 rings (SSSR count). The Balaban J connectivity index is 2.29. The summed E-state index contributed by atoms with van der Waals surface area (Å²) in [5.41, 5.74) is 1.97. The molecule has 0 spiro atoms. The average molecular weight is 296 g/mol. The lowest BCUT2D eigenvalue weighted by Crippen LogP contribution is -2.23. The van der Waals surface area contributed by atoms with E-state index >= 15 is 0 Å². The van der Waals surface area contributed by atoms with E-state index in [1.54, 1.807) is 14.2 Å². The summed E-state index contributed by atoms with van der Waals surface area (Å²) >= 11 is 0. The van der Waals surface area contributed by atoms with E-state index in [1.165, 1.54) is 0 Å². The van der Waals surface area contributed by atoms with Crippen molar-refractivity contribution in [3.05, 3.63) is 59.7 Å². The van der Waals surface area contributed by atoms with Crippen LogP contribution in [0.15, 0.2) is 48.5 Å². The second-order valence-corrected chi connectivity index (χ2v) is 5.04. The van der Waals surface area contributed by atoms with Gasteiger partial charge >= 0.3 is 0 Å². The van der Waals surface area contributed by atoms with Crippen LogP contribution in [0.1, 0.15) is 17.2 Å². The summed E-state index contributed by atoms with van der Waals surface area (Å²) < 4.78 is 10.7. The Morgan fingerprint density at radius 1 is 1.09 bits per heavy atom. The molecule has 2 aromatic carbocycles. The van der Waals surface area contributed by atoms with E-state index in [1.807, 2.05) is 60.5 Å². The SMILES string of the molecule is COc1ccc(OC)c(C(C#N)N(C)Cc2ccccc2)c1. The first-order valence-electron chi connectivity index (χ1n) is 7.05. The van der Waals surface area contributed by atoms with Gasteiger partial charge < -0.3 is 9.47 Å². The van der Waals surface area contributed by atoms with Crippen molar-refractivity contribution in [1.29, 1.82) is 5.26 Å². The van der Waals surface area contributed by atoms with Crippen LogP contribution in [-0.4, -0.2) is 26.2 Å². The van der Waals surface area contributed by atoms with Crippen LogP contribution in [0.5, 0.6) is 11.5 Å². The van der Waals surface area contributed by atoms with Gasteiger partial charge in [-0.3, -0.25) is 4.90 Å². The fraction of sp³-hybridized carbons (Fsp3) is 0.278. The van der Waals surface area contributed by atoms with E-state index in [0.29, 0.717) is 18.0 Å². The smallest absolute Gasteiger partial charge is 0.127 e. The van der Waals surface area contributed by atoms with Crippen LogP contribution in [0.25, 0.3) is 0 Å². The zero-order valence-corrected chi connectivity index (χ0v) is 13.1. The zero-order chi connectivity index (χ0) is 15.9. The predicted octanol–water partition coefficient (Wildman–Crippen LogP) is 3.40. The second kappa shape index (κ2) is 7.48. The minimum atomic E-state index is -0.412. The van der Waals surface area contributed by atoms with Crippen molar-refractivity contribution in [3.8, 4) is 17.6 Å². The summed E-state index contributed by atoms with van der Waals surface area (Å²) in [6.45, 7) is 0.680. The minimum Gasteiger partial charge on any atom is -0.497 e. The van der Waals surface area contributed by atoms with Crippen LogP contribution >= 0.6 is 0 Å². The average Bonchev–Trinajstić information content (AvgIpc) is 2.56. The maximum Gasteiger partial charge on any atom is 0.127 e. The first kappa shape index (κ1) is 15.9. The van der Waals surface area contributed by atoms with Crippen molar-refractivity contribution in [2.45, 2.75) is 12.6 Å². The molecule has 0 N–H and O–H groups in total. The van der Waals surface area contributed by atoms with E-state index in [-0.39, 0.29) is 0 Å². The normalized spacial score (nSPS) is 11.8. The summed E-state index contributed by atoms with van der Waals surface area (Å²) in [5.74, 6) is 1.40. The lowest BCUT2D eigenvalue weighted by atomic mass is 10.0. The van der Waals surface area contributed by atoms with Gasteiger partial charge in [0.25, 0.3) is 0 Å². The van der Waals surface area contributed by atoms with E-state index < -0.39 is 6.04 Å². The summed E-state index contributed by atoms with van der Waals surface area (Å²) in [5, 5.41) is 9.62. The Morgan fingerprint density at radius 2 is 1.82 bits per heavy atom. The molecule has 4 nitrogen and oxygen atoms in total. The fourth-order valence-corrected chi connectivity index (χ4v) is 2.42. The minimum absolute atomic E-state index is 0.412. The van der Waals surface area contributed by atoms with Gasteiger partial charge in [0.1, 0.15) is 17.5 Å². The Morgan fingerprint density at radius 3 is 2.41 bits per heavy atom. The standard InChI is InChI=1S/C18H20N2O2/c1-20(13-14-7-5-4-6-8-14)17(12-19)16-11-15(21-2)9-10-18(16)22-3/h4-11,17H,13H2,1-3H3. The van der Waals surface area contributed by atoms with Gasteiger partial charge in [0, 0.05) is 12.1 Å². The van der Waals surface area contributed by atoms with Crippen LogP contribution < -0.4 is 9.47 Å². The third-order valence-electron chi connectivity index (χ3n) is 3.57. The predicted molar refractivity (Wildman–Crippen MR) is 85.8 cm³/mol. The van der Waals surface area contributed by atoms with Crippen molar-refractivity contribution in [2.24, 2.45) is 0 Å². The molecule has 0 aliphatic heterocycles. The molecule has 0 aromatic heterocycles. The molecule has 0 aliphatic rings. The van der Waals surface area contributed by atoms with Crippen LogP contribution in [0.2, 0.25) is 0 Å². The maximum absolute atomic E-state index is 9.62. The highest BCUT2D eigenvalue weighted by molar-refractivity contribution is 5.44. The Kier molecular flexibility index (Phi) is 5.40. The van der Waals surface area contributed by atoms with Gasteiger partial charge in [0.2, 0.25) is 0 Å². The maximum atomic E-state index is 9.62. The molecule has 0 saturated heterocycles. The van der Waals surface area contributed by atoms with Gasteiger partial charge in [0.05, 0.1) is 20.3 Å². The van der Waals surface area contributed by atoms with Crippen LogP contribution in [0.4, 0.5) is 0 Å². The van der Waals surface area contributed by atoms with Gasteiger partial charge in [-0.2, -0.15) is 5.26 Å². The quantitative estimate of drug-likeness (QED) is 0.819. The van der Waals surface area contributed by atoms with Gasteiger partial charge in [-0.05, 0) is 30.8 Å². The third kappa shape index (κ3) is 3.57. The number of benzene rings is 2. The van der Waals surface area contributed by atoms with Crippen molar-refractivity contribution in [2.75, 3.05) is 21.3 Å². The monoisotopic (exact) mass is 296 g/mol. The zero-order valence-electron chi connectivity index (χ0n) is 13.1. The summed E-state index contributed by atoms with van der Waals surface area (Å²) in [7, 11) is 5.15. The fourth-order valence-electron chi connectivity index (χ4n) is 2.42. The molecule has 114 valence electrons. The molecule has 0 amide bonds. The van der Waals surface area contributed by atoms with Crippen LogP contribution in [0.3, 0.4) is 0 Å². The van der Waals surface area contributed by atoms with Crippen LogP contribution in [-0.2, 0) is 6.54 Å². The molecule has 4 heteroatoms. The first-order chi connectivity index (χ1) is 10.7. The number of nitriles is 1. The van der Waals surface area contributed by atoms with Crippen molar-refractivity contribution in [3.63, 3.8) is 0 Å². The van der Waals surface area contributed by atoms with Crippen molar-refractivity contribution in [1.82, 2.24) is 4.90 Å². The molecule has 0 heterocycles. The largest absolute Gasteiger partial charge is 0.497 e. The lowest BCUT2D eigenvalue weighted by Gasteiger charge is -2.24. The molecular formula is C18H20N2O2. The summed E-state index contributed by atoms with van der Waals surface area (Å²) in [4.78, 5) is 1.99. The van der Waals surface area contributed by atoms with Gasteiger partial charge in [0.15, 0.2) is 0 Å².